The van der Waals surface area contributed by atoms with E-state index in [0.29, 0.717) is 47.5 Å². The maximum Gasteiger partial charge on any atom is 0.148 e. The van der Waals surface area contributed by atoms with Gasteiger partial charge in [0.25, 0.3) is 0 Å². The molecule has 2 saturated carbocycles. The number of anilines is 2. The number of aromatic nitrogens is 6. The molecule has 4 aromatic heterocycles. The Morgan fingerprint density at radius 1 is 0.605 bits per heavy atom. The molecule has 0 saturated heterocycles. The van der Waals surface area contributed by atoms with E-state index in [4.69, 9.17) is 0 Å². The first kappa shape index (κ1) is 24.3. The third-order valence-corrected chi connectivity index (χ3v) is 7.95. The Labute approximate surface area is 219 Å². The van der Waals surface area contributed by atoms with Crippen LogP contribution in [0.25, 0.3) is 11.4 Å². The fourth-order valence-electron chi connectivity index (χ4n) is 5.40. The second-order valence-corrected chi connectivity index (χ2v) is 10.3. The normalized spacial score (nSPS) is 17.2. The zero-order valence-corrected chi connectivity index (χ0v) is 20.9. The lowest BCUT2D eigenvalue weighted by atomic mass is 9.66. The molecule has 10 heteroatoms. The molecule has 6 rings (SSSR count). The van der Waals surface area contributed by atoms with Crippen molar-refractivity contribution in [3.05, 3.63) is 83.9 Å². The Balaban J connectivity index is 1.08. The molecule has 8 nitrogen and oxygen atoms in total. The monoisotopic (exact) mass is 514 g/mol. The highest BCUT2D eigenvalue weighted by atomic mass is 19.1. The van der Waals surface area contributed by atoms with Crippen molar-refractivity contribution in [2.45, 2.75) is 49.4 Å². The van der Waals surface area contributed by atoms with Gasteiger partial charge < -0.3 is 10.6 Å². The SMILES string of the molecule is Fc1cccnc1C1(CNc2ccc(-c3ccc(NCC4(c5ncccc5F)CCC4)nn3)nn2)CCC1. The third-order valence-electron chi connectivity index (χ3n) is 7.95. The number of nitrogens with one attached hydrogen (secondary N) is 2. The van der Waals surface area contributed by atoms with E-state index in [2.05, 4.69) is 41.0 Å². The summed E-state index contributed by atoms with van der Waals surface area (Å²) in [5.74, 6) is 0.683. The van der Waals surface area contributed by atoms with Gasteiger partial charge in [-0.05, 0) is 74.2 Å². The average molecular weight is 515 g/mol. The fraction of sp³-hybridized carbons (Fsp3) is 0.357. The molecule has 0 aliphatic heterocycles. The first-order chi connectivity index (χ1) is 18.6. The van der Waals surface area contributed by atoms with E-state index in [1.165, 1.54) is 12.1 Å². The minimum Gasteiger partial charge on any atom is -0.368 e. The van der Waals surface area contributed by atoms with Crippen LogP contribution in [-0.2, 0) is 10.8 Å². The van der Waals surface area contributed by atoms with Crippen LogP contribution < -0.4 is 10.6 Å². The van der Waals surface area contributed by atoms with E-state index >= 15 is 0 Å². The van der Waals surface area contributed by atoms with Gasteiger partial charge in [0.05, 0.1) is 11.4 Å². The summed E-state index contributed by atoms with van der Waals surface area (Å²) in [6.45, 7) is 1.08. The molecule has 0 spiro atoms. The Bertz CT molecular complexity index is 1290. The highest BCUT2D eigenvalue weighted by molar-refractivity contribution is 5.56. The Morgan fingerprint density at radius 2 is 1.05 bits per heavy atom. The van der Waals surface area contributed by atoms with Crippen LogP contribution in [0.4, 0.5) is 20.4 Å². The maximum atomic E-state index is 14.4. The standard InChI is InChI=1S/C28H28F2N8/c29-19-5-1-15-31-25(19)27(11-3-12-27)17-33-23-9-7-21(35-37-23)22-8-10-24(38-36-22)34-18-28(13-4-14-28)26-20(30)6-2-16-32-26/h1-2,5-10,15-16H,3-4,11-14,17-18H2,(H,33,37)(H,34,38). The maximum absolute atomic E-state index is 14.4. The van der Waals surface area contributed by atoms with Gasteiger partial charge in [0.1, 0.15) is 34.7 Å². The second-order valence-electron chi connectivity index (χ2n) is 10.3. The summed E-state index contributed by atoms with van der Waals surface area (Å²) in [7, 11) is 0. The number of pyridine rings is 2. The topological polar surface area (TPSA) is 101 Å². The van der Waals surface area contributed by atoms with Gasteiger partial charge in [-0.15, -0.1) is 20.4 Å². The molecule has 0 bridgehead atoms. The Kier molecular flexibility index (Phi) is 6.39. The molecule has 38 heavy (non-hydrogen) atoms. The molecule has 2 aliphatic rings. The molecule has 2 fully saturated rings. The average Bonchev–Trinajstić information content (AvgIpc) is 2.90. The molecule has 194 valence electrons. The molecule has 0 atom stereocenters. The van der Waals surface area contributed by atoms with Crippen molar-refractivity contribution in [3.63, 3.8) is 0 Å². The molecule has 0 amide bonds. The van der Waals surface area contributed by atoms with Crippen molar-refractivity contribution in [3.8, 4) is 11.4 Å². The van der Waals surface area contributed by atoms with Crippen LogP contribution in [0.3, 0.4) is 0 Å². The van der Waals surface area contributed by atoms with Crippen LogP contribution in [0.15, 0.2) is 60.9 Å². The van der Waals surface area contributed by atoms with Gasteiger partial charge >= 0.3 is 0 Å². The number of rotatable bonds is 9. The molecule has 4 aromatic rings. The quantitative estimate of drug-likeness (QED) is 0.319. The summed E-state index contributed by atoms with van der Waals surface area (Å²) < 4.78 is 28.7. The minimum absolute atomic E-state index is 0.265. The van der Waals surface area contributed by atoms with Crippen molar-refractivity contribution >= 4 is 11.6 Å². The first-order valence-electron chi connectivity index (χ1n) is 12.9. The summed E-state index contributed by atoms with van der Waals surface area (Å²) in [6.07, 6.45) is 8.91. The van der Waals surface area contributed by atoms with Crippen LogP contribution in [-0.4, -0.2) is 43.5 Å². The first-order valence-corrected chi connectivity index (χ1v) is 12.9. The molecule has 2 N–H and O–H groups in total. The number of nitrogens with zero attached hydrogens (tertiary/aromatic N) is 6. The highest BCUT2D eigenvalue weighted by Gasteiger charge is 2.42. The largest absolute Gasteiger partial charge is 0.368 e. The number of hydrogen-bond acceptors (Lipinski definition) is 8. The van der Waals surface area contributed by atoms with Gasteiger partial charge in [-0.2, -0.15) is 0 Å². The summed E-state index contributed by atoms with van der Waals surface area (Å²) >= 11 is 0. The van der Waals surface area contributed by atoms with Crippen LogP contribution >= 0.6 is 0 Å². The van der Waals surface area contributed by atoms with Gasteiger partial charge in [-0.1, -0.05) is 12.8 Å². The van der Waals surface area contributed by atoms with Gasteiger partial charge in [0.2, 0.25) is 0 Å². The van der Waals surface area contributed by atoms with E-state index in [1.54, 1.807) is 24.5 Å². The lowest BCUT2D eigenvalue weighted by molar-refractivity contribution is 0.243. The van der Waals surface area contributed by atoms with Crippen LogP contribution in [0.2, 0.25) is 0 Å². The number of hydrogen-bond donors (Lipinski definition) is 2. The van der Waals surface area contributed by atoms with Crippen molar-refractivity contribution < 1.29 is 8.78 Å². The van der Waals surface area contributed by atoms with Gasteiger partial charge in [-0.3, -0.25) is 9.97 Å². The van der Waals surface area contributed by atoms with E-state index in [1.807, 2.05) is 24.3 Å². The predicted octanol–water partition coefficient (Wildman–Crippen LogP) is 5.07. The van der Waals surface area contributed by atoms with Gasteiger partial charge in [0.15, 0.2) is 0 Å². The Morgan fingerprint density at radius 3 is 1.37 bits per heavy atom. The van der Waals surface area contributed by atoms with Crippen molar-refractivity contribution in [1.82, 2.24) is 30.4 Å². The molecule has 2 aliphatic carbocycles. The lowest BCUT2D eigenvalue weighted by Crippen LogP contribution is -2.42. The zero-order chi connectivity index (χ0) is 26.0. The van der Waals surface area contributed by atoms with Crippen molar-refractivity contribution in [2.75, 3.05) is 23.7 Å². The summed E-state index contributed by atoms with van der Waals surface area (Å²) in [5, 5.41) is 23.8. The molecule has 0 radical (unpaired) electrons. The summed E-state index contributed by atoms with van der Waals surface area (Å²) in [4.78, 5) is 8.62. The zero-order valence-electron chi connectivity index (χ0n) is 20.9. The smallest absolute Gasteiger partial charge is 0.148 e. The van der Waals surface area contributed by atoms with Crippen LogP contribution in [0.5, 0.6) is 0 Å². The Hall–Kier alpha value is -4.08. The van der Waals surface area contributed by atoms with Crippen LogP contribution in [0.1, 0.15) is 49.9 Å². The molecular weight excluding hydrogens is 486 g/mol. The van der Waals surface area contributed by atoms with E-state index < -0.39 is 0 Å². The van der Waals surface area contributed by atoms with E-state index in [-0.39, 0.29) is 22.5 Å². The van der Waals surface area contributed by atoms with E-state index in [0.717, 1.165) is 38.5 Å². The molecular formula is C28H28F2N8. The molecule has 0 aromatic carbocycles. The van der Waals surface area contributed by atoms with Crippen molar-refractivity contribution in [2.24, 2.45) is 0 Å². The van der Waals surface area contributed by atoms with E-state index in [9.17, 15) is 8.78 Å². The van der Waals surface area contributed by atoms with Gasteiger partial charge in [-0.25, -0.2) is 8.78 Å². The van der Waals surface area contributed by atoms with Crippen LogP contribution in [0, 0.1) is 11.6 Å². The molecule has 4 heterocycles. The summed E-state index contributed by atoms with van der Waals surface area (Å²) in [5.41, 5.74) is 1.58. The number of halogens is 2. The summed E-state index contributed by atoms with van der Waals surface area (Å²) in [6, 6.07) is 13.5. The fourth-order valence-corrected chi connectivity index (χ4v) is 5.40. The second kappa shape index (κ2) is 10.00. The van der Waals surface area contributed by atoms with Gasteiger partial charge in [0, 0.05) is 36.3 Å². The minimum atomic E-state index is -0.319. The predicted molar refractivity (Wildman–Crippen MR) is 139 cm³/mol. The third kappa shape index (κ3) is 4.55. The van der Waals surface area contributed by atoms with Crippen molar-refractivity contribution in [1.29, 1.82) is 0 Å². The molecule has 0 unspecified atom stereocenters. The lowest BCUT2D eigenvalue weighted by Gasteiger charge is -2.41. The highest BCUT2D eigenvalue weighted by Crippen LogP contribution is 2.44.